The number of carbonyl (C=O) groups is 2. The van der Waals surface area contributed by atoms with E-state index < -0.39 is 12.0 Å². The highest BCUT2D eigenvalue weighted by Gasteiger charge is 2.35. The monoisotopic (exact) mass is 363 g/mol. The van der Waals surface area contributed by atoms with Crippen LogP contribution in [0.4, 0.5) is 4.79 Å². The van der Waals surface area contributed by atoms with Crippen LogP contribution >= 0.6 is 11.6 Å². The summed E-state index contributed by atoms with van der Waals surface area (Å²) in [6, 6.07) is 6.21. The molecule has 0 bridgehead atoms. The summed E-state index contributed by atoms with van der Waals surface area (Å²) in [6.07, 6.45) is 3.47. The molecule has 0 spiro atoms. The maximum absolute atomic E-state index is 12.5. The van der Waals surface area contributed by atoms with Gasteiger partial charge in [0.05, 0.1) is 18.7 Å². The van der Waals surface area contributed by atoms with E-state index >= 15 is 0 Å². The third-order valence-corrected chi connectivity index (χ3v) is 4.95. The Morgan fingerprint density at radius 1 is 1.28 bits per heavy atom. The van der Waals surface area contributed by atoms with E-state index in [1.54, 1.807) is 12.1 Å². The van der Waals surface area contributed by atoms with E-state index in [9.17, 15) is 9.59 Å². The number of ether oxygens (including phenoxy) is 1. The molecule has 6 nitrogen and oxygen atoms in total. The molecule has 2 heterocycles. The summed E-state index contributed by atoms with van der Waals surface area (Å²) in [4.78, 5) is 26.9. The average molecular weight is 364 g/mol. The third kappa shape index (κ3) is 3.96. The fraction of sp³-hybridized carbons (Fsp3) is 0.444. The zero-order chi connectivity index (χ0) is 17.8. The van der Waals surface area contributed by atoms with Crippen molar-refractivity contribution in [3.05, 3.63) is 46.1 Å². The Hall–Kier alpha value is -2.05. The molecular weight excluding hydrogens is 342 g/mol. The van der Waals surface area contributed by atoms with Crippen LogP contribution in [0.3, 0.4) is 0 Å². The molecule has 7 heteroatoms. The van der Waals surface area contributed by atoms with Crippen molar-refractivity contribution in [3.63, 3.8) is 0 Å². The molecule has 3 rings (SSSR count). The van der Waals surface area contributed by atoms with Gasteiger partial charge in [-0.05, 0) is 37.6 Å². The van der Waals surface area contributed by atoms with Crippen LogP contribution in [0.1, 0.15) is 30.9 Å². The third-order valence-electron chi connectivity index (χ3n) is 4.61. The fourth-order valence-electron chi connectivity index (χ4n) is 3.38. The van der Waals surface area contributed by atoms with Crippen LogP contribution in [0.2, 0.25) is 5.02 Å². The molecule has 1 saturated heterocycles. The molecule has 1 aromatic rings. The Bertz CT molecular complexity index is 699. The number of hydrogen-bond donors (Lipinski definition) is 2. The van der Waals surface area contributed by atoms with Crippen molar-refractivity contribution < 1.29 is 14.3 Å². The Balaban J connectivity index is 2.00. The molecule has 1 atom stereocenters. The zero-order valence-electron chi connectivity index (χ0n) is 14.2. The van der Waals surface area contributed by atoms with E-state index in [0.29, 0.717) is 28.4 Å². The summed E-state index contributed by atoms with van der Waals surface area (Å²) < 4.78 is 4.99. The number of methoxy groups -OCH3 is 1. The van der Waals surface area contributed by atoms with Crippen LogP contribution in [0.15, 0.2) is 35.5 Å². The fourth-order valence-corrected chi connectivity index (χ4v) is 3.62. The molecule has 2 aliphatic heterocycles. The summed E-state index contributed by atoms with van der Waals surface area (Å²) in [5.74, 6) is -0.468. The number of nitrogens with zero attached hydrogens (tertiary/aromatic N) is 1. The maximum atomic E-state index is 12.5. The number of rotatable bonds is 4. The first-order valence-corrected chi connectivity index (χ1v) is 8.83. The van der Waals surface area contributed by atoms with Crippen LogP contribution < -0.4 is 10.6 Å². The van der Waals surface area contributed by atoms with Gasteiger partial charge in [0, 0.05) is 17.3 Å². The smallest absolute Gasteiger partial charge is 0.338 e. The number of hydrogen-bond acceptors (Lipinski definition) is 4. The molecule has 1 fully saturated rings. The number of esters is 1. The van der Waals surface area contributed by atoms with E-state index in [-0.39, 0.29) is 6.03 Å². The first kappa shape index (κ1) is 17.8. The SMILES string of the molecule is COC(=O)C1=C(CN2CCCCC2)NC(=O)NC1c1ccccc1Cl. The van der Waals surface area contributed by atoms with E-state index in [1.165, 1.54) is 13.5 Å². The second-order valence-corrected chi connectivity index (χ2v) is 6.68. The molecule has 2 aliphatic rings. The second-order valence-electron chi connectivity index (χ2n) is 6.27. The van der Waals surface area contributed by atoms with Gasteiger partial charge in [-0.3, -0.25) is 4.90 Å². The number of carbonyl (C=O) groups excluding carboxylic acids is 2. The van der Waals surface area contributed by atoms with Gasteiger partial charge in [0.15, 0.2) is 0 Å². The molecule has 0 aromatic heterocycles. The number of piperidine rings is 1. The molecule has 1 unspecified atom stereocenters. The molecule has 2 amide bonds. The molecular formula is C18H22ClN3O3. The topological polar surface area (TPSA) is 70.7 Å². The minimum atomic E-state index is -0.630. The van der Waals surface area contributed by atoms with E-state index in [4.69, 9.17) is 16.3 Å². The summed E-state index contributed by atoms with van der Waals surface area (Å²) in [5, 5.41) is 6.08. The quantitative estimate of drug-likeness (QED) is 0.807. The Kier molecular flexibility index (Phi) is 5.60. The Morgan fingerprint density at radius 2 is 2.00 bits per heavy atom. The van der Waals surface area contributed by atoms with Gasteiger partial charge >= 0.3 is 12.0 Å². The van der Waals surface area contributed by atoms with Gasteiger partial charge in [0.25, 0.3) is 0 Å². The van der Waals surface area contributed by atoms with E-state index in [2.05, 4.69) is 15.5 Å². The van der Waals surface area contributed by atoms with Gasteiger partial charge in [-0.1, -0.05) is 36.2 Å². The summed E-state index contributed by atoms with van der Waals surface area (Å²) in [5.41, 5.74) is 1.67. The van der Waals surface area contributed by atoms with Crippen molar-refractivity contribution in [2.75, 3.05) is 26.7 Å². The van der Waals surface area contributed by atoms with Gasteiger partial charge < -0.3 is 15.4 Å². The largest absolute Gasteiger partial charge is 0.466 e. The summed E-state index contributed by atoms with van der Waals surface area (Å²) in [7, 11) is 1.34. The van der Waals surface area contributed by atoms with Crippen LogP contribution in [0.25, 0.3) is 0 Å². The van der Waals surface area contributed by atoms with Crippen LogP contribution in [-0.2, 0) is 9.53 Å². The highest BCUT2D eigenvalue weighted by atomic mass is 35.5. The molecule has 0 radical (unpaired) electrons. The van der Waals surface area contributed by atoms with Crippen LogP contribution in [0.5, 0.6) is 0 Å². The molecule has 134 valence electrons. The van der Waals surface area contributed by atoms with Gasteiger partial charge in [-0.15, -0.1) is 0 Å². The number of likely N-dealkylation sites (tertiary alicyclic amines) is 1. The molecule has 0 saturated carbocycles. The van der Waals surface area contributed by atoms with Gasteiger partial charge in [0.1, 0.15) is 0 Å². The van der Waals surface area contributed by atoms with E-state index in [0.717, 1.165) is 25.9 Å². The van der Waals surface area contributed by atoms with Crippen LogP contribution in [0, 0.1) is 0 Å². The molecule has 2 N–H and O–H groups in total. The molecule has 1 aromatic carbocycles. The normalized spacial score (nSPS) is 21.5. The molecule has 25 heavy (non-hydrogen) atoms. The lowest BCUT2D eigenvalue weighted by Crippen LogP contribution is -2.49. The minimum absolute atomic E-state index is 0.343. The Labute approximate surface area is 152 Å². The van der Waals surface area contributed by atoms with Gasteiger partial charge in [-0.2, -0.15) is 0 Å². The summed E-state index contributed by atoms with van der Waals surface area (Å²) in [6.45, 7) is 2.43. The van der Waals surface area contributed by atoms with Gasteiger partial charge in [0.2, 0.25) is 0 Å². The zero-order valence-corrected chi connectivity index (χ0v) is 14.9. The lowest BCUT2D eigenvalue weighted by atomic mass is 9.94. The highest BCUT2D eigenvalue weighted by molar-refractivity contribution is 6.31. The first-order chi connectivity index (χ1) is 12.1. The number of halogens is 1. The maximum Gasteiger partial charge on any atom is 0.338 e. The predicted octanol–water partition coefficient (Wildman–Crippen LogP) is 2.61. The lowest BCUT2D eigenvalue weighted by molar-refractivity contribution is -0.136. The predicted molar refractivity (Wildman–Crippen MR) is 95.2 cm³/mol. The second kappa shape index (κ2) is 7.89. The molecule has 0 aliphatic carbocycles. The van der Waals surface area contributed by atoms with Crippen molar-refractivity contribution in [2.45, 2.75) is 25.3 Å². The van der Waals surface area contributed by atoms with Gasteiger partial charge in [-0.25, -0.2) is 9.59 Å². The lowest BCUT2D eigenvalue weighted by Gasteiger charge is -2.33. The van der Waals surface area contributed by atoms with Crippen molar-refractivity contribution in [1.82, 2.24) is 15.5 Å². The van der Waals surface area contributed by atoms with Crippen LogP contribution in [-0.4, -0.2) is 43.6 Å². The first-order valence-electron chi connectivity index (χ1n) is 8.46. The van der Waals surface area contributed by atoms with E-state index in [1.807, 2.05) is 12.1 Å². The average Bonchev–Trinajstić information content (AvgIpc) is 2.62. The highest BCUT2D eigenvalue weighted by Crippen LogP contribution is 2.32. The van der Waals surface area contributed by atoms with Crippen molar-refractivity contribution in [1.29, 1.82) is 0 Å². The number of benzene rings is 1. The summed E-state index contributed by atoms with van der Waals surface area (Å²) >= 11 is 6.30. The van der Waals surface area contributed by atoms with Crippen molar-refractivity contribution in [2.24, 2.45) is 0 Å². The Morgan fingerprint density at radius 3 is 2.68 bits per heavy atom. The number of amides is 2. The standard InChI is InChI=1S/C18H22ClN3O3/c1-25-17(23)15-14(11-22-9-5-2-6-10-22)20-18(24)21-16(15)12-7-3-4-8-13(12)19/h3-4,7-8,16H,2,5-6,9-11H2,1H3,(H2,20,21,24). The number of nitrogens with one attached hydrogen (secondary N) is 2. The van der Waals surface area contributed by atoms with Crippen molar-refractivity contribution >= 4 is 23.6 Å². The minimum Gasteiger partial charge on any atom is -0.466 e. The number of urea groups is 1. The van der Waals surface area contributed by atoms with Crippen molar-refractivity contribution in [3.8, 4) is 0 Å².